The van der Waals surface area contributed by atoms with Gasteiger partial charge in [-0.1, -0.05) is 42.5 Å². The summed E-state index contributed by atoms with van der Waals surface area (Å²) in [7, 11) is -3.90. The van der Waals surface area contributed by atoms with Gasteiger partial charge in [-0.2, -0.15) is 13.5 Å². The second-order valence-corrected chi connectivity index (χ2v) is 8.78. The normalized spacial score (nSPS) is 11.8. The van der Waals surface area contributed by atoms with E-state index in [-0.39, 0.29) is 10.5 Å². The first-order valence-electron chi connectivity index (χ1n) is 10.0. The van der Waals surface area contributed by atoms with E-state index in [2.05, 4.69) is 38.9 Å². The molecule has 1 aromatic heterocycles. The highest BCUT2D eigenvalue weighted by atomic mass is 32.2. The van der Waals surface area contributed by atoms with E-state index in [0.29, 0.717) is 5.52 Å². The summed E-state index contributed by atoms with van der Waals surface area (Å²) < 4.78 is 29.8. The lowest BCUT2D eigenvalue weighted by Gasteiger charge is -2.23. The van der Waals surface area contributed by atoms with Gasteiger partial charge in [-0.05, 0) is 42.3 Å². The van der Waals surface area contributed by atoms with Crippen LogP contribution >= 0.6 is 0 Å². The molecule has 3 aromatic carbocycles. The van der Waals surface area contributed by atoms with Crippen molar-refractivity contribution in [3.05, 3.63) is 94.5 Å². The Kier molecular flexibility index (Phi) is 6.09. The molecule has 0 amide bonds. The van der Waals surface area contributed by atoms with Crippen LogP contribution in [0.1, 0.15) is 18.1 Å². The van der Waals surface area contributed by atoms with Gasteiger partial charge in [0.15, 0.2) is 5.58 Å². The number of oxazole rings is 1. The van der Waals surface area contributed by atoms with E-state index in [1.807, 2.05) is 42.5 Å². The van der Waals surface area contributed by atoms with Gasteiger partial charge in [0.1, 0.15) is 0 Å². The van der Waals surface area contributed by atoms with Crippen LogP contribution in [0.25, 0.3) is 11.1 Å². The molecular weight excluding hydrogens is 428 g/mol. The number of hydrazone groups is 1. The largest absolute Gasteiger partial charge is 0.417 e. The fourth-order valence-electron chi connectivity index (χ4n) is 3.28. The van der Waals surface area contributed by atoms with Crippen LogP contribution in [0.4, 0.5) is 5.69 Å². The SMILES string of the molecule is CCN(Cc1ccccc1)c1ccc(/C=N/NS(=O)(=O)c2ccc3[nH]c(=O)oc3c2)cc1. The molecule has 0 radical (unpaired) electrons. The molecule has 0 aliphatic carbocycles. The quantitative estimate of drug-likeness (QED) is 0.316. The third-order valence-electron chi connectivity index (χ3n) is 4.95. The summed E-state index contributed by atoms with van der Waals surface area (Å²) in [5, 5.41) is 3.86. The second kappa shape index (κ2) is 9.11. The minimum atomic E-state index is -3.90. The molecule has 0 atom stereocenters. The van der Waals surface area contributed by atoms with Crippen molar-refractivity contribution < 1.29 is 12.8 Å². The molecule has 0 aliphatic rings. The van der Waals surface area contributed by atoms with Crippen molar-refractivity contribution in [1.29, 1.82) is 0 Å². The van der Waals surface area contributed by atoms with Gasteiger partial charge in [0.2, 0.25) is 0 Å². The number of aromatic amines is 1. The molecule has 0 spiro atoms. The lowest BCUT2D eigenvalue weighted by molar-refractivity contribution is 0.553. The molecule has 0 aliphatic heterocycles. The fourth-order valence-corrected chi connectivity index (χ4v) is 4.08. The maximum atomic E-state index is 12.5. The molecule has 0 unspecified atom stereocenters. The number of anilines is 1. The Morgan fingerprint density at radius 2 is 1.81 bits per heavy atom. The average Bonchev–Trinajstić information content (AvgIpc) is 3.18. The van der Waals surface area contributed by atoms with Crippen LogP contribution in [0.2, 0.25) is 0 Å². The number of aromatic nitrogens is 1. The summed E-state index contributed by atoms with van der Waals surface area (Å²) in [6.07, 6.45) is 1.43. The molecule has 164 valence electrons. The van der Waals surface area contributed by atoms with E-state index < -0.39 is 15.8 Å². The van der Waals surface area contributed by atoms with Crippen molar-refractivity contribution in [3.8, 4) is 0 Å². The molecule has 1 heterocycles. The molecular formula is C23H22N4O4S. The van der Waals surface area contributed by atoms with Crippen molar-refractivity contribution in [2.45, 2.75) is 18.4 Å². The Labute approximate surface area is 185 Å². The molecule has 0 fully saturated rings. The number of hydrogen-bond acceptors (Lipinski definition) is 6. The Balaban J connectivity index is 1.43. The molecule has 8 nitrogen and oxygen atoms in total. The van der Waals surface area contributed by atoms with Crippen molar-refractivity contribution in [1.82, 2.24) is 9.82 Å². The van der Waals surface area contributed by atoms with Crippen LogP contribution in [0.3, 0.4) is 0 Å². The topological polar surface area (TPSA) is 108 Å². The molecule has 2 N–H and O–H groups in total. The van der Waals surface area contributed by atoms with Crippen molar-refractivity contribution >= 4 is 33.0 Å². The van der Waals surface area contributed by atoms with Gasteiger partial charge >= 0.3 is 5.76 Å². The molecule has 4 rings (SSSR count). The average molecular weight is 451 g/mol. The number of benzene rings is 3. The van der Waals surface area contributed by atoms with Crippen LogP contribution in [-0.4, -0.2) is 26.2 Å². The molecule has 9 heteroatoms. The van der Waals surface area contributed by atoms with E-state index in [1.165, 1.54) is 30.0 Å². The molecule has 4 aromatic rings. The first kappa shape index (κ1) is 21.4. The van der Waals surface area contributed by atoms with E-state index in [1.54, 1.807) is 0 Å². The monoisotopic (exact) mass is 450 g/mol. The van der Waals surface area contributed by atoms with E-state index in [0.717, 1.165) is 24.3 Å². The van der Waals surface area contributed by atoms with Gasteiger partial charge in [0.25, 0.3) is 10.0 Å². The number of hydrogen-bond donors (Lipinski definition) is 2. The van der Waals surface area contributed by atoms with Crippen LogP contribution in [0, 0.1) is 0 Å². The highest BCUT2D eigenvalue weighted by Crippen LogP contribution is 2.18. The Bertz CT molecular complexity index is 1390. The summed E-state index contributed by atoms with van der Waals surface area (Å²) in [5.41, 5.74) is 3.63. The maximum absolute atomic E-state index is 12.5. The third-order valence-corrected chi connectivity index (χ3v) is 6.17. The van der Waals surface area contributed by atoms with Crippen LogP contribution < -0.4 is 15.5 Å². The molecule has 32 heavy (non-hydrogen) atoms. The number of H-pyrrole nitrogens is 1. The molecule has 0 saturated heterocycles. The standard InChI is InChI=1S/C23H22N4O4S/c1-2-27(16-18-6-4-3-5-7-18)19-10-8-17(9-11-19)15-24-26-32(29,30)20-12-13-21-22(14-20)31-23(28)25-21/h3-15,26H,2,16H2,1H3,(H,25,28)/b24-15+. The summed E-state index contributed by atoms with van der Waals surface area (Å²) in [5.74, 6) is -0.644. The lowest BCUT2D eigenvalue weighted by Crippen LogP contribution is -2.21. The number of rotatable bonds is 8. The fraction of sp³-hybridized carbons (Fsp3) is 0.130. The second-order valence-electron chi connectivity index (χ2n) is 7.12. The van der Waals surface area contributed by atoms with E-state index >= 15 is 0 Å². The van der Waals surface area contributed by atoms with Crippen LogP contribution in [0.5, 0.6) is 0 Å². The van der Waals surface area contributed by atoms with Gasteiger partial charge in [0.05, 0.1) is 16.6 Å². The zero-order valence-corrected chi connectivity index (χ0v) is 18.2. The highest BCUT2D eigenvalue weighted by Gasteiger charge is 2.15. The van der Waals surface area contributed by atoms with Crippen LogP contribution in [0.15, 0.2) is 92.0 Å². The van der Waals surface area contributed by atoms with Crippen molar-refractivity contribution in [2.75, 3.05) is 11.4 Å². The number of nitrogens with zero attached hydrogens (tertiary/aromatic N) is 2. The smallest absolute Gasteiger partial charge is 0.408 e. The van der Waals surface area contributed by atoms with Crippen molar-refractivity contribution in [3.63, 3.8) is 0 Å². The Morgan fingerprint density at radius 3 is 2.53 bits per heavy atom. The molecule has 0 bridgehead atoms. The predicted octanol–water partition coefficient (Wildman–Crippen LogP) is 3.46. The summed E-state index contributed by atoms with van der Waals surface area (Å²) >= 11 is 0. The molecule has 0 saturated carbocycles. The van der Waals surface area contributed by atoms with E-state index in [4.69, 9.17) is 4.42 Å². The van der Waals surface area contributed by atoms with Gasteiger partial charge in [-0.25, -0.2) is 9.63 Å². The Hall–Kier alpha value is -3.85. The first-order valence-corrected chi connectivity index (χ1v) is 11.5. The minimum Gasteiger partial charge on any atom is -0.408 e. The van der Waals surface area contributed by atoms with E-state index in [9.17, 15) is 13.2 Å². The summed E-state index contributed by atoms with van der Waals surface area (Å²) in [6.45, 7) is 3.76. The zero-order chi connectivity index (χ0) is 22.6. The number of fused-ring (bicyclic) bond motifs is 1. The van der Waals surface area contributed by atoms with Gasteiger partial charge in [-0.3, -0.25) is 4.98 Å². The third kappa shape index (κ3) is 4.89. The summed E-state index contributed by atoms with van der Waals surface area (Å²) in [4.78, 5) is 18.1. The zero-order valence-electron chi connectivity index (χ0n) is 17.4. The lowest BCUT2D eigenvalue weighted by atomic mass is 10.1. The highest BCUT2D eigenvalue weighted by molar-refractivity contribution is 7.89. The van der Waals surface area contributed by atoms with Gasteiger partial charge in [0, 0.05) is 24.8 Å². The maximum Gasteiger partial charge on any atom is 0.417 e. The van der Waals surface area contributed by atoms with Gasteiger partial charge < -0.3 is 9.32 Å². The Morgan fingerprint density at radius 1 is 1.06 bits per heavy atom. The number of sulfonamides is 1. The summed E-state index contributed by atoms with van der Waals surface area (Å²) in [6, 6.07) is 22.0. The minimum absolute atomic E-state index is 0.0558. The predicted molar refractivity (Wildman–Crippen MR) is 124 cm³/mol. The number of nitrogens with one attached hydrogen (secondary N) is 2. The van der Waals surface area contributed by atoms with Crippen molar-refractivity contribution in [2.24, 2.45) is 5.10 Å². The first-order chi connectivity index (χ1) is 15.4. The van der Waals surface area contributed by atoms with Crippen LogP contribution in [-0.2, 0) is 16.6 Å². The van der Waals surface area contributed by atoms with Gasteiger partial charge in [-0.15, -0.1) is 0 Å².